The lowest BCUT2D eigenvalue weighted by Gasteiger charge is -2.41. The van der Waals surface area contributed by atoms with Crippen LogP contribution in [0.4, 0.5) is 4.79 Å². The largest absolute Gasteiger partial charge is 0.465 e. The first-order valence-electron chi connectivity index (χ1n) is 8.86. The van der Waals surface area contributed by atoms with Crippen molar-refractivity contribution in [1.82, 2.24) is 15.5 Å². The summed E-state index contributed by atoms with van der Waals surface area (Å²) in [5.74, 6) is -0.364. The van der Waals surface area contributed by atoms with E-state index in [-0.39, 0.29) is 17.5 Å². The number of piperidine rings is 1. The predicted molar refractivity (Wildman–Crippen MR) is 97.5 cm³/mol. The number of hydrogen-bond donors (Lipinski definition) is 2. The van der Waals surface area contributed by atoms with Crippen LogP contribution in [0, 0.1) is 0 Å². The Morgan fingerprint density at radius 1 is 1.08 bits per heavy atom. The van der Waals surface area contributed by atoms with E-state index in [1.807, 2.05) is 12.1 Å². The van der Waals surface area contributed by atoms with E-state index in [2.05, 4.69) is 34.1 Å². The van der Waals surface area contributed by atoms with Crippen molar-refractivity contribution in [1.29, 1.82) is 0 Å². The van der Waals surface area contributed by atoms with Gasteiger partial charge in [0, 0.05) is 18.6 Å². The number of ether oxygens (including phenoxy) is 1. The molecular weight excluding hydrogens is 318 g/mol. The van der Waals surface area contributed by atoms with E-state index >= 15 is 0 Å². The molecule has 0 unspecified atom stereocenters. The van der Waals surface area contributed by atoms with Crippen LogP contribution in [0.3, 0.4) is 0 Å². The molecule has 0 radical (unpaired) electrons. The molecule has 6 nitrogen and oxygen atoms in total. The number of methoxy groups -OCH3 is 1. The summed E-state index contributed by atoms with van der Waals surface area (Å²) in [7, 11) is 1.35. The van der Waals surface area contributed by atoms with Crippen LogP contribution in [-0.4, -0.2) is 49.2 Å². The number of likely N-dealkylation sites (tertiary alicyclic amines) is 1. The molecule has 1 fully saturated rings. The third-order valence-corrected chi connectivity index (χ3v) is 4.72. The van der Waals surface area contributed by atoms with Crippen LogP contribution in [0.1, 0.15) is 49.0 Å². The maximum Gasteiger partial charge on any atom is 0.337 e. The van der Waals surface area contributed by atoms with Crippen molar-refractivity contribution >= 4 is 12.0 Å². The number of nitrogens with one attached hydrogen (secondary N) is 2. The second-order valence-electron chi connectivity index (χ2n) is 7.08. The van der Waals surface area contributed by atoms with Gasteiger partial charge in [0.05, 0.1) is 12.7 Å². The molecule has 0 atom stereocenters. The van der Waals surface area contributed by atoms with Crippen LogP contribution in [0.2, 0.25) is 0 Å². The summed E-state index contributed by atoms with van der Waals surface area (Å²) in [4.78, 5) is 25.9. The summed E-state index contributed by atoms with van der Waals surface area (Å²) >= 11 is 0. The lowest BCUT2D eigenvalue weighted by Crippen LogP contribution is -2.54. The van der Waals surface area contributed by atoms with Crippen LogP contribution in [0.25, 0.3) is 0 Å². The Labute approximate surface area is 149 Å². The van der Waals surface area contributed by atoms with E-state index in [1.165, 1.54) is 26.4 Å². The summed E-state index contributed by atoms with van der Waals surface area (Å²) < 4.78 is 4.67. The highest BCUT2D eigenvalue weighted by atomic mass is 16.5. The number of nitrogens with zero attached hydrogens (tertiary/aromatic N) is 1. The summed E-state index contributed by atoms with van der Waals surface area (Å²) in [6, 6.07) is 6.83. The molecule has 138 valence electrons. The van der Waals surface area contributed by atoms with Crippen molar-refractivity contribution in [3.8, 4) is 0 Å². The monoisotopic (exact) mass is 347 g/mol. The van der Waals surface area contributed by atoms with Crippen molar-refractivity contribution in [2.45, 2.75) is 45.2 Å². The number of rotatable bonds is 6. The molecule has 2 rings (SSSR count). The van der Waals surface area contributed by atoms with E-state index in [0.29, 0.717) is 18.7 Å². The highest BCUT2D eigenvalue weighted by Crippen LogP contribution is 2.19. The second-order valence-corrected chi connectivity index (χ2v) is 7.08. The van der Waals surface area contributed by atoms with Crippen molar-refractivity contribution < 1.29 is 14.3 Å². The number of carbonyl (C=O) groups excluding carboxylic acids is 2. The first-order valence-corrected chi connectivity index (χ1v) is 8.86. The van der Waals surface area contributed by atoms with Gasteiger partial charge in [0.25, 0.3) is 0 Å². The highest BCUT2D eigenvalue weighted by Gasteiger charge is 2.28. The lowest BCUT2D eigenvalue weighted by molar-refractivity contribution is 0.0600. The molecule has 2 N–H and O–H groups in total. The summed E-state index contributed by atoms with van der Waals surface area (Å²) in [6.07, 6.45) is 3.77. The van der Waals surface area contributed by atoms with Gasteiger partial charge in [0.2, 0.25) is 0 Å². The SMILES string of the molecule is COC(=O)c1ccc(CNC(=O)NCC(C)(C)N2CCCCC2)cc1. The van der Waals surface area contributed by atoms with Crippen molar-refractivity contribution in [3.05, 3.63) is 35.4 Å². The standard InChI is InChI=1S/C19H29N3O3/c1-19(2,22-11-5-4-6-12-22)14-21-18(24)20-13-15-7-9-16(10-8-15)17(23)25-3/h7-10H,4-6,11-14H2,1-3H3,(H2,20,21,24). The molecule has 0 bridgehead atoms. The topological polar surface area (TPSA) is 70.7 Å². The number of amides is 2. The Kier molecular flexibility index (Phi) is 6.82. The molecule has 25 heavy (non-hydrogen) atoms. The summed E-state index contributed by atoms with van der Waals surface area (Å²) in [5.41, 5.74) is 1.39. The van der Waals surface area contributed by atoms with Gasteiger partial charge in [0.1, 0.15) is 0 Å². The van der Waals surface area contributed by atoms with E-state index in [1.54, 1.807) is 12.1 Å². The van der Waals surface area contributed by atoms with Crippen molar-refractivity contribution in [3.63, 3.8) is 0 Å². The van der Waals surface area contributed by atoms with E-state index in [9.17, 15) is 9.59 Å². The van der Waals surface area contributed by atoms with Crippen LogP contribution >= 0.6 is 0 Å². The van der Waals surface area contributed by atoms with Gasteiger partial charge in [-0.15, -0.1) is 0 Å². The molecule has 0 aromatic heterocycles. The molecule has 1 saturated heterocycles. The fraction of sp³-hybridized carbons (Fsp3) is 0.579. The zero-order chi connectivity index (χ0) is 18.3. The van der Waals surface area contributed by atoms with Crippen LogP contribution in [-0.2, 0) is 11.3 Å². The third-order valence-electron chi connectivity index (χ3n) is 4.72. The van der Waals surface area contributed by atoms with Crippen LogP contribution < -0.4 is 10.6 Å². The van der Waals surface area contributed by atoms with Gasteiger partial charge in [-0.05, 0) is 57.5 Å². The van der Waals surface area contributed by atoms with Gasteiger partial charge in [-0.2, -0.15) is 0 Å². The van der Waals surface area contributed by atoms with Gasteiger partial charge in [0.15, 0.2) is 0 Å². The summed E-state index contributed by atoms with van der Waals surface area (Å²) in [5, 5.41) is 5.82. The average Bonchev–Trinajstić information content (AvgIpc) is 2.65. The zero-order valence-electron chi connectivity index (χ0n) is 15.4. The molecule has 1 aliphatic heterocycles. The second kappa shape index (κ2) is 8.85. The molecule has 0 saturated carbocycles. The third kappa shape index (κ3) is 5.74. The highest BCUT2D eigenvalue weighted by molar-refractivity contribution is 5.89. The van der Waals surface area contributed by atoms with Crippen molar-refractivity contribution in [2.75, 3.05) is 26.7 Å². The van der Waals surface area contributed by atoms with Gasteiger partial charge >= 0.3 is 12.0 Å². The average molecular weight is 347 g/mol. The van der Waals surface area contributed by atoms with Crippen LogP contribution in [0.15, 0.2) is 24.3 Å². The quantitative estimate of drug-likeness (QED) is 0.776. The molecule has 2 amide bonds. The fourth-order valence-electron chi connectivity index (χ4n) is 3.03. The van der Waals surface area contributed by atoms with E-state index in [4.69, 9.17) is 0 Å². The normalized spacial score (nSPS) is 15.5. The van der Waals surface area contributed by atoms with Gasteiger partial charge in [-0.3, -0.25) is 4.90 Å². The predicted octanol–water partition coefficient (Wildman–Crippen LogP) is 2.54. The first kappa shape index (κ1) is 19.2. The molecule has 0 spiro atoms. The number of benzene rings is 1. The number of carbonyl (C=O) groups is 2. The van der Waals surface area contributed by atoms with Gasteiger partial charge in [-0.1, -0.05) is 18.6 Å². The Morgan fingerprint density at radius 3 is 2.32 bits per heavy atom. The Hall–Kier alpha value is -2.08. The molecule has 1 aromatic rings. The Bertz CT molecular complexity index is 578. The minimum atomic E-state index is -0.364. The smallest absolute Gasteiger partial charge is 0.337 e. The number of esters is 1. The van der Waals surface area contributed by atoms with Crippen LogP contribution in [0.5, 0.6) is 0 Å². The van der Waals surface area contributed by atoms with Crippen molar-refractivity contribution in [2.24, 2.45) is 0 Å². The summed E-state index contributed by atoms with van der Waals surface area (Å²) in [6.45, 7) is 7.57. The molecular formula is C19H29N3O3. The van der Waals surface area contributed by atoms with Gasteiger partial charge < -0.3 is 15.4 Å². The molecule has 1 aliphatic rings. The Balaban J connectivity index is 1.75. The molecule has 0 aliphatic carbocycles. The molecule has 1 heterocycles. The minimum Gasteiger partial charge on any atom is -0.465 e. The number of urea groups is 1. The minimum absolute atomic E-state index is 0.0417. The van der Waals surface area contributed by atoms with E-state index < -0.39 is 0 Å². The zero-order valence-corrected chi connectivity index (χ0v) is 15.4. The molecule has 6 heteroatoms. The van der Waals surface area contributed by atoms with E-state index in [0.717, 1.165) is 18.7 Å². The number of hydrogen-bond acceptors (Lipinski definition) is 4. The van der Waals surface area contributed by atoms with Gasteiger partial charge in [-0.25, -0.2) is 9.59 Å². The lowest BCUT2D eigenvalue weighted by atomic mass is 9.98. The Morgan fingerprint density at radius 2 is 1.72 bits per heavy atom. The maximum absolute atomic E-state index is 12.1. The molecule has 1 aromatic carbocycles. The first-order chi connectivity index (χ1) is 11.9. The fourth-order valence-corrected chi connectivity index (χ4v) is 3.03. The maximum atomic E-state index is 12.1.